The first-order valence-corrected chi connectivity index (χ1v) is 9.69. The smallest absolute Gasteiger partial charge is 0.242 e. The Morgan fingerprint density at radius 3 is 2.65 bits per heavy atom. The minimum absolute atomic E-state index is 0.0458. The lowest BCUT2D eigenvalue weighted by atomic mass is 9.84. The van der Waals surface area contributed by atoms with E-state index in [0.717, 1.165) is 18.4 Å². The number of rotatable bonds is 6. The highest BCUT2D eigenvalue weighted by Crippen LogP contribution is 2.27. The molecule has 1 fully saturated rings. The van der Waals surface area contributed by atoms with Gasteiger partial charge in [-0.05, 0) is 43.4 Å². The maximum Gasteiger partial charge on any atom is 0.242 e. The van der Waals surface area contributed by atoms with Crippen LogP contribution in [0.2, 0.25) is 0 Å². The fraction of sp³-hybridized carbons (Fsp3) is 0.647. The third kappa shape index (κ3) is 4.32. The molecule has 2 N–H and O–H groups in total. The van der Waals surface area contributed by atoms with E-state index in [1.807, 2.05) is 13.0 Å². The van der Waals surface area contributed by atoms with Gasteiger partial charge in [0, 0.05) is 32.8 Å². The molecule has 1 aromatic carbocycles. The summed E-state index contributed by atoms with van der Waals surface area (Å²) in [5.74, 6) is 0.292. The predicted octanol–water partition coefficient (Wildman–Crippen LogP) is 2.14. The molecule has 130 valence electrons. The molecule has 1 aromatic rings. The minimum Gasteiger partial charge on any atom is -0.396 e. The highest BCUT2D eigenvalue weighted by atomic mass is 32.2. The van der Waals surface area contributed by atoms with Crippen molar-refractivity contribution in [3.8, 4) is 0 Å². The van der Waals surface area contributed by atoms with Crippen LogP contribution in [0.1, 0.15) is 44.2 Å². The molecule has 0 aromatic heterocycles. The van der Waals surface area contributed by atoms with Crippen molar-refractivity contribution in [3.63, 3.8) is 0 Å². The van der Waals surface area contributed by atoms with Crippen LogP contribution in [-0.2, 0) is 10.0 Å². The van der Waals surface area contributed by atoms with Crippen LogP contribution >= 0.6 is 0 Å². The highest BCUT2D eigenvalue weighted by molar-refractivity contribution is 7.89. The first kappa shape index (κ1) is 18.4. The quantitative estimate of drug-likeness (QED) is 0.832. The number of hydrogen-bond donors (Lipinski definition) is 2. The van der Waals surface area contributed by atoms with Crippen LogP contribution in [0.25, 0.3) is 0 Å². The Morgan fingerprint density at radius 1 is 1.30 bits per heavy atom. The third-order valence-corrected chi connectivity index (χ3v) is 6.56. The van der Waals surface area contributed by atoms with Crippen LogP contribution < -0.4 is 5.32 Å². The molecule has 0 amide bonds. The van der Waals surface area contributed by atoms with Crippen LogP contribution in [0.3, 0.4) is 0 Å². The van der Waals surface area contributed by atoms with Gasteiger partial charge in [0.1, 0.15) is 0 Å². The van der Waals surface area contributed by atoms with Gasteiger partial charge >= 0.3 is 0 Å². The molecule has 5 nitrogen and oxygen atoms in total. The normalized spacial score (nSPS) is 23.9. The molecule has 1 saturated carbocycles. The maximum atomic E-state index is 12.3. The van der Waals surface area contributed by atoms with Crippen LogP contribution in [0.5, 0.6) is 0 Å². The average Bonchev–Trinajstić information content (AvgIpc) is 2.55. The second-order valence-electron chi connectivity index (χ2n) is 6.58. The van der Waals surface area contributed by atoms with Crippen molar-refractivity contribution in [2.24, 2.45) is 5.92 Å². The van der Waals surface area contributed by atoms with Gasteiger partial charge in [-0.2, -0.15) is 0 Å². The van der Waals surface area contributed by atoms with Gasteiger partial charge in [-0.15, -0.1) is 0 Å². The molecule has 2 rings (SSSR count). The summed E-state index contributed by atoms with van der Waals surface area (Å²) in [6.45, 7) is 2.25. The van der Waals surface area contributed by atoms with Crippen LogP contribution in [-0.4, -0.2) is 44.6 Å². The van der Waals surface area contributed by atoms with Gasteiger partial charge in [-0.3, -0.25) is 0 Å². The fourth-order valence-corrected chi connectivity index (χ4v) is 4.18. The highest BCUT2D eigenvalue weighted by Gasteiger charge is 2.26. The monoisotopic (exact) mass is 340 g/mol. The zero-order valence-corrected chi connectivity index (χ0v) is 15.0. The largest absolute Gasteiger partial charge is 0.396 e. The molecule has 0 spiro atoms. The number of benzene rings is 1. The number of aliphatic hydroxyl groups is 1. The van der Waals surface area contributed by atoms with Gasteiger partial charge in [0.2, 0.25) is 10.0 Å². The standard InChI is InChI=1S/C17H28N2O3S/c1-13(18-17-10-5-4-7-15(17)12-20)14-8-6-9-16(11-14)23(21,22)19(2)3/h6,8-9,11,13,15,17-18,20H,4-5,7,10,12H2,1-3H3. The Kier molecular flexibility index (Phi) is 6.19. The van der Waals surface area contributed by atoms with E-state index in [2.05, 4.69) is 5.32 Å². The number of nitrogens with one attached hydrogen (secondary N) is 1. The molecule has 1 aliphatic rings. The Hall–Kier alpha value is -0.950. The van der Waals surface area contributed by atoms with Crippen molar-refractivity contribution < 1.29 is 13.5 Å². The van der Waals surface area contributed by atoms with Gasteiger partial charge in [0.05, 0.1) is 4.90 Å². The van der Waals surface area contributed by atoms with Gasteiger partial charge in [-0.25, -0.2) is 12.7 Å². The number of hydrogen-bond acceptors (Lipinski definition) is 4. The summed E-state index contributed by atoms with van der Waals surface area (Å²) in [6, 6.07) is 7.44. The van der Waals surface area contributed by atoms with E-state index < -0.39 is 10.0 Å². The SMILES string of the molecule is CC(NC1CCCCC1CO)c1cccc(S(=O)(=O)N(C)C)c1. The fourth-order valence-electron chi connectivity index (χ4n) is 3.22. The van der Waals surface area contributed by atoms with E-state index >= 15 is 0 Å². The summed E-state index contributed by atoms with van der Waals surface area (Å²) in [5.41, 5.74) is 0.954. The second-order valence-corrected chi connectivity index (χ2v) is 8.73. The van der Waals surface area contributed by atoms with Crippen LogP contribution in [0.4, 0.5) is 0 Å². The summed E-state index contributed by atoms with van der Waals surface area (Å²) in [7, 11) is -0.337. The van der Waals surface area contributed by atoms with Crippen molar-refractivity contribution in [2.45, 2.75) is 49.6 Å². The number of aliphatic hydroxyl groups excluding tert-OH is 1. The van der Waals surface area contributed by atoms with Crippen molar-refractivity contribution >= 4 is 10.0 Å². The summed E-state index contributed by atoms with van der Waals surface area (Å²) >= 11 is 0. The van der Waals surface area contributed by atoms with E-state index in [1.54, 1.807) is 18.2 Å². The van der Waals surface area contributed by atoms with Crippen molar-refractivity contribution in [1.82, 2.24) is 9.62 Å². The van der Waals surface area contributed by atoms with Gasteiger partial charge in [0.15, 0.2) is 0 Å². The summed E-state index contributed by atoms with van der Waals surface area (Å²) in [5, 5.41) is 13.1. The zero-order valence-electron chi connectivity index (χ0n) is 14.2. The van der Waals surface area contributed by atoms with Gasteiger partial charge < -0.3 is 10.4 Å². The Labute approximate surface area is 139 Å². The summed E-state index contributed by atoms with van der Waals surface area (Å²) in [6.07, 6.45) is 4.46. The van der Waals surface area contributed by atoms with Crippen LogP contribution in [0.15, 0.2) is 29.2 Å². The predicted molar refractivity (Wildman–Crippen MR) is 91.7 cm³/mol. The minimum atomic E-state index is -3.42. The van der Waals surface area contributed by atoms with E-state index in [1.165, 1.54) is 31.2 Å². The first-order valence-electron chi connectivity index (χ1n) is 8.25. The molecule has 0 aliphatic heterocycles. The van der Waals surface area contributed by atoms with Gasteiger partial charge in [-0.1, -0.05) is 25.0 Å². The Bertz CT molecular complexity index is 616. The molecular formula is C17H28N2O3S. The van der Waals surface area contributed by atoms with E-state index in [-0.39, 0.29) is 18.7 Å². The number of sulfonamides is 1. The van der Waals surface area contributed by atoms with Crippen molar-refractivity contribution in [1.29, 1.82) is 0 Å². The molecular weight excluding hydrogens is 312 g/mol. The summed E-state index contributed by atoms with van der Waals surface area (Å²) < 4.78 is 25.8. The maximum absolute atomic E-state index is 12.3. The zero-order chi connectivity index (χ0) is 17.0. The Morgan fingerprint density at radius 2 is 2.00 bits per heavy atom. The first-order chi connectivity index (χ1) is 10.9. The third-order valence-electron chi connectivity index (χ3n) is 4.74. The van der Waals surface area contributed by atoms with E-state index in [4.69, 9.17) is 0 Å². The molecule has 0 bridgehead atoms. The molecule has 3 unspecified atom stereocenters. The molecule has 0 radical (unpaired) electrons. The molecule has 6 heteroatoms. The molecule has 3 atom stereocenters. The Balaban J connectivity index is 2.15. The lowest BCUT2D eigenvalue weighted by Crippen LogP contribution is -2.41. The van der Waals surface area contributed by atoms with Crippen molar-refractivity contribution in [2.75, 3.05) is 20.7 Å². The molecule has 0 saturated heterocycles. The molecule has 0 heterocycles. The average molecular weight is 340 g/mol. The second kappa shape index (κ2) is 7.75. The molecule has 1 aliphatic carbocycles. The summed E-state index contributed by atoms with van der Waals surface area (Å²) in [4.78, 5) is 0.316. The van der Waals surface area contributed by atoms with E-state index in [9.17, 15) is 13.5 Å². The molecule has 23 heavy (non-hydrogen) atoms. The van der Waals surface area contributed by atoms with E-state index in [0.29, 0.717) is 10.8 Å². The lowest BCUT2D eigenvalue weighted by molar-refractivity contribution is 0.147. The lowest BCUT2D eigenvalue weighted by Gasteiger charge is -2.33. The van der Waals surface area contributed by atoms with Gasteiger partial charge in [0.25, 0.3) is 0 Å². The van der Waals surface area contributed by atoms with Crippen molar-refractivity contribution in [3.05, 3.63) is 29.8 Å². The van der Waals surface area contributed by atoms with Crippen LogP contribution in [0, 0.1) is 5.92 Å². The number of nitrogens with zero attached hydrogens (tertiary/aromatic N) is 1. The topological polar surface area (TPSA) is 69.6 Å².